The number of carbonyl (C=O) groups excluding carboxylic acids is 1. The van der Waals surface area contributed by atoms with Crippen molar-refractivity contribution < 1.29 is 28.5 Å². The summed E-state index contributed by atoms with van der Waals surface area (Å²) in [6, 6.07) is 5.53. The predicted molar refractivity (Wildman–Crippen MR) is 162 cm³/mol. The maximum atomic E-state index is 12.7. The van der Waals surface area contributed by atoms with Gasteiger partial charge in [-0.1, -0.05) is 73.5 Å². The van der Waals surface area contributed by atoms with Crippen molar-refractivity contribution in [1.29, 1.82) is 0 Å². The van der Waals surface area contributed by atoms with Crippen molar-refractivity contribution in [3.8, 4) is 11.5 Å². The minimum absolute atomic E-state index is 0.0420. The molecule has 0 saturated heterocycles. The van der Waals surface area contributed by atoms with Crippen LogP contribution in [0.1, 0.15) is 53.0 Å². The van der Waals surface area contributed by atoms with E-state index in [1.54, 1.807) is 31.3 Å². The lowest BCUT2D eigenvalue weighted by atomic mass is 9.99. The molecule has 0 bridgehead atoms. The molecule has 38 heavy (non-hydrogen) atoms. The third-order valence-electron chi connectivity index (χ3n) is 6.84. The summed E-state index contributed by atoms with van der Waals surface area (Å²) in [4.78, 5) is 14.5. The maximum Gasteiger partial charge on any atom is 0.192 e. The highest BCUT2D eigenvalue weighted by molar-refractivity contribution is 9.11. The highest BCUT2D eigenvalue weighted by Crippen LogP contribution is 2.38. The van der Waals surface area contributed by atoms with Gasteiger partial charge in [-0.3, -0.25) is 4.79 Å². The Labute approximate surface area is 239 Å². The molecular weight excluding hydrogens is 564 g/mol. The second-order valence-electron chi connectivity index (χ2n) is 11.2. The Balaban J connectivity index is 2.70. The summed E-state index contributed by atoms with van der Waals surface area (Å²) in [5.41, 5.74) is 1.86. The lowest BCUT2D eigenvalue weighted by molar-refractivity contribution is -0.125. The average Bonchev–Trinajstić information content (AvgIpc) is 2.82. The van der Waals surface area contributed by atoms with Crippen LogP contribution in [-0.2, 0) is 20.6 Å². The van der Waals surface area contributed by atoms with Gasteiger partial charge in [0.25, 0.3) is 0 Å². The first-order valence-electron chi connectivity index (χ1n) is 13.0. The maximum absolute atomic E-state index is 12.7. The molecule has 1 aromatic rings. The van der Waals surface area contributed by atoms with Crippen LogP contribution in [0.3, 0.4) is 0 Å². The fourth-order valence-corrected chi connectivity index (χ4v) is 4.97. The number of hydrogen-bond donors (Lipinski definition) is 1. The fourth-order valence-electron chi connectivity index (χ4n) is 3.52. The van der Waals surface area contributed by atoms with Crippen molar-refractivity contribution in [1.82, 2.24) is 0 Å². The monoisotopic (exact) mass is 610 g/mol. The largest absolute Gasteiger partial charge is 0.497 e. The van der Waals surface area contributed by atoms with E-state index in [9.17, 15) is 9.90 Å². The van der Waals surface area contributed by atoms with Gasteiger partial charge in [-0.15, -0.1) is 0 Å². The zero-order valence-electron chi connectivity index (χ0n) is 24.5. The summed E-state index contributed by atoms with van der Waals surface area (Å²) in [5.74, 6) is 1.00. The molecule has 1 rings (SSSR count). The molecule has 6 nitrogen and oxygen atoms in total. The Morgan fingerprint density at radius 2 is 1.82 bits per heavy atom. The van der Waals surface area contributed by atoms with E-state index in [0.29, 0.717) is 24.5 Å². The number of ketones is 1. The first-order valence-corrected chi connectivity index (χ1v) is 16.8. The molecule has 3 atom stereocenters. The molecule has 214 valence electrons. The van der Waals surface area contributed by atoms with Crippen molar-refractivity contribution in [3.63, 3.8) is 0 Å². The van der Waals surface area contributed by atoms with Gasteiger partial charge in [-0.25, -0.2) is 0 Å². The van der Waals surface area contributed by atoms with Crippen LogP contribution < -0.4 is 9.47 Å². The summed E-state index contributed by atoms with van der Waals surface area (Å²) in [6.45, 7) is 15.5. The first-order chi connectivity index (χ1) is 17.7. The van der Waals surface area contributed by atoms with Crippen LogP contribution >= 0.6 is 15.9 Å². The van der Waals surface area contributed by atoms with Crippen LogP contribution in [0.2, 0.25) is 18.1 Å². The summed E-state index contributed by atoms with van der Waals surface area (Å²) in [5, 5.41) is 10.7. The number of hydrogen-bond acceptors (Lipinski definition) is 6. The summed E-state index contributed by atoms with van der Waals surface area (Å²) < 4.78 is 23.0. The van der Waals surface area contributed by atoms with E-state index in [1.807, 2.05) is 44.2 Å². The van der Waals surface area contributed by atoms with Gasteiger partial charge >= 0.3 is 0 Å². The molecule has 0 radical (unpaired) electrons. The molecule has 0 aromatic heterocycles. The average molecular weight is 612 g/mol. The SMILES string of the molecule is COc1ccc(COC[C@@H](C)C(=O)C[C@H](O)/C=C(\C)C[C@H](/C=C/C=C/Br)O[Si](C)(C)C(C)(C)C)c(OC)c1. The summed E-state index contributed by atoms with van der Waals surface area (Å²) in [7, 11) is 1.22. The van der Waals surface area contributed by atoms with E-state index in [2.05, 4.69) is 49.8 Å². The lowest BCUT2D eigenvalue weighted by Crippen LogP contribution is -2.43. The molecule has 0 unspecified atom stereocenters. The number of ether oxygens (including phenoxy) is 3. The minimum Gasteiger partial charge on any atom is -0.497 e. The molecule has 0 aliphatic heterocycles. The van der Waals surface area contributed by atoms with Crippen molar-refractivity contribution >= 4 is 30.0 Å². The van der Waals surface area contributed by atoms with Crippen LogP contribution in [0, 0.1) is 5.92 Å². The van der Waals surface area contributed by atoms with Gasteiger partial charge in [0.05, 0.1) is 39.6 Å². The Kier molecular flexibility index (Phi) is 14.8. The van der Waals surface area contributed by atoms with Gasteiger partial charge in [0.15, 0.2) is 8.32 Å². The molecular formula is C30H47BrO6Si. The number of Topliss-reactive ketones (excluding diaryl/α,β-unsaturated/α-hetero) is 1. The number of benzene rings is 1. The van der Waals surface area contributed by atoms with Crippen LogP contribution in [0.25, 0.3) is 0 Å². The molecule has 0 amide bonds. The third kappa shape index (κ3) is 12.0. The smallest absolute Gasteiger partial charge is 0.192 e. The molecule has 0 spiro atoms. The molecule has 8 heteroatoms. The Morgan fingerprint density at radius 1 is 1.13 bits per heavy atom. The Morgan fingerprint density at radius 3 is 2.39 bits per heavy atom. The van der Waals surface area contributed by atoms with Crippen LogP contribution in [0.5, 0.6) is 11.5 Å². The van der Waals surface area contributed by atoms with Crippen molar-refractivity contribution in [2.45, 2.75) is 84.4 Å². The topological polar surface area (TPSA) is 74.2 Å². The molecule has 0 aliphatic rings. The van der Waals surface area contributed by atoms with Gasteiger partial charge in [-0.05, 0) is 48.6 Å². The molecule has 0 heterocycles. The highest BCUT2D eigenvalue weighted by Gasteiger charge is 2.38. The summed E-state index contributed by atoms with van der Waals surface area (Å²) >= 11 is 3.29. The van der Waals surface area contributed by atoms with E-state index >= 15 is 0 Å². The summed E-state index contributed by atoms with van der Waals surface area (Å²) in [6.07, 6.45) is 7.41. The number of carbonyl (C=O) groups is 1. The first kappa shape index (κ1) is 34.3. The predicted octanol–water partition coefficient (Wildman–Crippen LogP) is 7.37. The molecule has 0 aliphatic carbocycles. The second kappa shape index (κ2) is 16.4. The number of allylic oxidation sites excluding steroid dienone is 2. The van der Waals surface area contributed by atoms with Gasteiger partial charge in [-0.2, -0.15) is 0 Å². The van der Waals surface area contributed by atoms with Crippen LogP contribution in [-0.4, -0.2) is 52.2 Å². The Hall–Kier alpha value is -1.71. The van der Waals surface area contributed by atoms with Crippen molar-refractivity contribution in [3.05, 3.63) is 58.6 Å². The quantitative estimate of drug-likeness (QED) is 0.120. The van der Waals surface area contributed by atoms with Crippen molar-refractivity contribution in [2.75, 3.05) is 20.8 Å². The minimum atomic E-state index is -1.98. The molecule has 1 aromatic carbocycles. The van der Waals surface area contributed by atoms with E-state index < -0.39 is 14.4 Å². The van der Waals surface area contributed by atoms with Crippen LogP contribution in [0.4, 0.5) is 0 Å². The van der Waals surface area contributed by atoms with E-state index in [0.717, 1.165) is 11.1 Å². The van der Waals surface area contributed by atoms with Gasteiger partial charge in [0, 0.05) is 24.0 Å². The molecule has 0 fully saturated rings. The normalized spacial score (nSPS) is 15.6. The third-order valence-corrected chi connectivity index (χ3v) is 11.7. The van der Waals surface area contributed by atoms with Crippen molar-refractivity contribution in [2.24, 2.45) is 5.92 Å². The van der Waals surface area contributed by atoms with Crippen LogP contribution in [0.15, 0.2) is 53.1 Å². The van der Waals surface area contributed by atoms with Gasteiger partial charge < -0.3 is 23.7 Å². The number of halogens is 1. The van der Waals surface area contributed by atoms with Gasteiger partial charge in [0.2, 0.25) is 0 Å². The molecule has 1 N–H and O–H groups in total. The highest BCUT2D eigenvalue weighted by atomic mass is 79.9. The van der Waals surface area contributed by atoms with E-state index in [1.165, 1.54) is 0 Å². The molecule has 0 saturated carbocycles. The zero-order chi connectivity index (χ0) is 28.9. The second-order valence-corrected chi connectivity index (χ2v) is 16.5. The number of rotatable bonds is 16. The lowest BCUT2D eigenvalue weighted by Gasteiger charge is -2.38. The zero-order valence-corrected chi connectivity index (χ0v) is 27.1. The van der Waals surface area contributed by atoms with Gasteiger partial charge in [0.1, 0.15) is 17.3 Å². The number of aliphatic hydroxyl groups excluding tert-OH is 1. The van der Waals surface area contributed by atoms with E-state index in [4.69, 9.17) is 18.6 Å². The van der Waals surface area contributed by atoms with E-state index in [-0.39, 0.29) is 35.9 Å². The number of methoxy groups -OCH3 is 2. The Bertz CT molecular complexity index is 964. The number of aliphatic hydroxyl groups is 1. The fraction of sp³-hybridized carbons (Fsp3) is 0.567. The standard InChI is InChI=1S/C30H47BrO6Si/c1-22(17-27(12-10-11-15-31)37-38(8,9)30(3,4)5)16-25(32)18-28(33)23(2)20-36-21-24-13-14-26(34-6)19-29(24)35-7/h10-16,19,23,25,27,32H,17-18,20-21H2,1-9H3/b12-10+,15-11+,22-16+/t23-,25-,27+/m1/s1.